The zero-order chi connectivity index (χ0) is 33.5. The Labute approximate surface area is 293 Å². The molecule has 0 aliphatic heterocycles. The quantitative estimate of drug-likeness (QED) is 0.173. The molecule has 11 aromatic rings. The van der Waals surface area contributed by atoms with Crippen molar-refractivity contribution in [1.29, 1.82) is 0 Å². The number of rotatable bonds is 6. The maximum absolute atomic E-state index is 6.25. The molecule has 5 aromatic carbocycles. The molecule has 242 valence electrons. The van der Waals surface area contributed by atoms with E-state index in [4.69, 9.17) is 22.7 Å². The Kier molecular flexibility index (Phi) is 5.99. The van der Waals surface area contributed by atoms with Gasteiger partial charge in [-0.05, 0) is 72.8 Å². The number of nitrogens with zero attached hydrogens (tertiary/aromatic N) is 3. The zero-order valence-corrected chi connectivity index (χ0v) is 27.6. The summed E-state index contributed by atoms with van der Waals surface area (Å²) in [5.41, 5.74) is 6.16. The average molecular weight is 680 g/mol. The molecule has 8 heteroatoms. The lowest BCUT2D eigenvalue weighted by atomic mass is 10.1. The summed E-state index contributed by atoms with van der Waals surface area (Å²) in [5.74, 6) is 2.12. The van der Waals surface area contributed by atoms with Crippen LogP contribution in [0.25, 0.3) is 64.2 Å². The number of para-hydroxylation sites is 2. The molecule has 0 N–H and O–H groups in total. The first kappa shape index (κ1) is 28.1. The van der Waals surface area contributed by atoms with E-state index in [9.17, 15) is 0 Å². The Morgan fingerprint density at radius 2 is 0.961 bits per heavy atom. The lowest BCUT2D eigenvalue weighted by Crippen LogP contribution is -2.10. The molecule has 0 fully saturated rings. The summed E-state index contributed by atoms with van der Waals surface area (Å²) in [6.07, 6.45) is 3.38. The summed E-state index contributed by atoms with van der Waals surface area (Å²) in [6, 6.07) is 47.2. The minimum absolute atomic E-state index is 0.663. The third-order valence-electron chi connectivity index (χ3n) is 9.49. The first-order valence-electron chi connectivity index (χ1n) is 16.6. The molecule has 0 atom stereocenters. The SMILES string of the molecule is c1coc(N(c2ccc3c(c2)oc2ccccc23)c2ccc3c(c2)sc2nc(N(c4ccc5c(c4)oc4ccccc45)c4ccco4)ccc23)c1. The number of thiophene rings is 1. The van der Waals surface area contributed by atoms with Crippen molar-refractivity contribution in [2.75, 3.05) is 9.80 Å². The van der Waals surface area contributed by atoms with Crippen molar-refractivity contribution in [1.82, 2.24) is 4.98 Å². The largest absolute Gasteiger partial charge is 0.456 e. The van der Waals surface area contributed by atoms with Crippen LogP contribution in [0.3, 0.4) is 0 Å². The second-order valence-corrected chi connectivity index (χ2v) is 13.5. The normalized spacial score (nSPS) is 11.9. The molecule has 6 aromatic heterocycles. The second-order valence-electron chi connectivity index (χ2n) is 12.4. The molecule has 0 saturated carbocycles. The molecule has 7 nitrogen and oxygen atoms in total. The Hall–Kier alpha value is -6.77. The molecule has 0 spiro atoms. The molecule has 0 bridgehead atoms. The minimum Gasteiger partial charge on any atom is -0.456 e. The topological polar surface area (TPSA) is 71.9 Å². The molecular formula is C43H25N3O4S. The molecule has 0 aliphatic carbocycles. The van der Waals surface area contributed by atoms with Gasteiger partial charge in [0.15, 0.2) is 0 Å². The van der Waals surface area contributed by atoms with Gasteiger partial charge in [0, 0.05) is 61.3 Å². The van der Waals surface area contributed by atoms with Gasteiger partial charge in [0.25, 0.3) is 0 Å². The second kappa shape index (κ2) is 10.9. The first-order chi connectivity index (χ1) is 25.2. The van der Waals surface area contributed by atoms with E-state index < -0.39 is 0 Å². The van der Waals surface area contributed by atoms with Crippen LogP contribution in [0.4, 0.5) is 34.6 Å². The smallest absolute Gasteiger partial charge is 0.205 e. The van der Waals surface area contributed by atoms with Crippen LogP contribution >= 0.6 is 11.3 Å². The fourth-order valence-corrected chi connectivity index (χ4v) is 8.28. The molecule has 0 amide bonds. The fourth-order valence-electron chi connectivity index (χ4n) is 7.18. The van der Waals surface area contributed by atoms with E-state index in [1.54, 1.807) is 23.9 Å². The maximum atomic E-state index is 6.25. The van der Waals surface area contributed by atoms with Crippen molar-refractivity contribution in [2.45, 2.75) is 0 Å². The van der Waals surface area contributed by atoms with Crippen molar-refractivity contribution in [3.63, 3.8) is 0 Å². The Morgan fingerprint density at radius 3 is 1.59 bits per heavy atom. The van der Waals surface area contributed by atoms with Crippen LogP contribution < -0.4 is 9.80 Å². The summed E-state index contributed by atoms with van der Waals surface area (Å²) >= 11 is 1.66. The summed E-state index contributed by atoms with van der Waals surface area (Å²) in [4.78, 5) is 10.3. The Morgan fingerprint density at radius 1 is 0.431 bits per heavy atom. The van der Waals surface area contributed by atoms with Crippen LogP contribution in [-0.2, 0) is 0 Å². The van der Waals surface area contributed by atoms with E-state index >= 15 is 0 Å². The number of benzene rings is 5. The first-order valence-corrected chi connectivity index (χ1v) is 17.4. The maximum Gasteiger partial charge on any atom is 0.205 e. The molecular weight excluding hydrogens is 655 g/mol. The standard InChI is InChI=1S/C43H25N3O4S/c1-3-9-35-29(7-1)31-16-13-26(23-37(31)49-35)45(41-11-5-21-47-41)28-15-18-33-34-19-20-40(44-43(34)51-39(33)25-28)46(42-12-6-22-48-42)27-14-17-32-30-8-2-4-10-36(30)50-38(32)24-27/h1-25H. The summed E-state index contributed by atoms with van der Waals surface area (Å²) in [7, 11) is 0. The highest BCUT2D eigenvalue weighted by atomic mass is 32.1. The van der Waals surface area contributed by atoms with E-state index in [2.05, 4.69) is 71.6 Å². The van der Waals surface area contributed by atoms with E-state index in [0.717, 1.165) is 87.1 Å². The van der Waals surface area contributed by atoms with Gasteiger partial charge in [-0.15, -0.1) is 11.3 Å². The Balaban J connectivity index is 1.02. The summed E-state index contributed by atoms with van der Waals surface area (Å²) in [6.45, 7) is 0. The van der Waals surface area contributed by atoms with Crippen LogP contribution in [0.5, 0.6) is 0 Å². The van der Waals surface area contributed by atoms with Gasteiger partial charge >= 0.3 is 0 Å². The molecule has 51 heavy (non-hydrogen) atoms. The van der Waals surface area contributed by atoms with Crippen molar-refractivity contribution < 1.29 is 17.7 Å². The number of hydrogen-bond acceptors (Lipinski definition) is 8. The predicted octanol–water partition coefficient (Wildman–Crippen LogP) is 13.4. The van der Waals surface area contributed by atoms with Gasteiger partial charge in [-0.25, -0.2) is 4.98 Å². The highest BCUT2D eigenvalue weighted by Gasteiger charge is 2.22. The lowest BCUT2D eigenvalue weighted by Gasteiger charge is -2.22. The number of furan rings is 4. The highest BCUT2D eigenvalue weighted by Crippen LogP contribution is 2.44. The van der Waals surface area contributed by atoms with Crippen LogP contribution in [0.15, 0.2) is 170 Å². The van der Waals surface area contributed by atoms with Crippen LogP contribution in [0, 0.1) is 0 Å². The van der Waals surface area contributed by atoms with E-state index in [1.165, 1.54) is 0 Å². The number of pyridine rings is 1. The third kappa shape index (κ3) is 4.40. The highest BCUT2D eigenvalue weighted by molar-refractivity contribution is 7.25. The molecule has 0 saturated heterocycles. The summed E-state index contributed by atoms with van der Waals surface area (Å²) in [5, 5.41) is 6.57. The van der Waals surface area contributed by atoms with E-state index in [-0.39, 0.29) is 0 Å². The van der Waals surface area contributed by atoms with E-state index in [0.29, 0.717) is 11.8 Å². The van der Waals surface area contributed by atoms with Crippen molar-refractivity contribution in [3.05, 3.63) is 152 Å². The minimum atomic E-state index is 0.663. The van der Waals surface area contributed by atoms with Crippen LogP contribution in [-0.4, -0.2) is 4.98 Å². The van der Waals surface area contributed by atoms with Gasteiger partial charge in [-0.2, -0.15) is 0 Å². The number of anilines is 6. The molecule has 0 radical (unpaired) electrons. The van der Waals surface area contributed by atoms with Gasteiger partial charge in [0.2, 0.25) is 11.8 Å². The van der Waals surface area contributed by atoms with Gasteiger partial charge in [0.1, 0.15) is 33.0 Å². The molecule has 6 heterocycles. The Bertz CT molecular complexity index is 2860. The van der Waals surface area contributed by atoms with Gasteiger partial charge in [-0.3, -0.25) is 9.80 Å². The van der Waals surface area contributed by atoms with Crippen molar-refractivity contribution >= 4 is 110 Å². The lowest BCUT2D eigenvalue weighted by molar-refractivity contribution is 0.573. The number of hydrogen-bond donors (Lipinski definition) is 0. The van der Waals surface area contributed by atoms with Crippen molar-refractivity contribution in [2.24, 2.45) is 0 Å². The van der Waals surface area contributed by atoms with Crippen LogP contribution in [0.2, 0.25) is 0 Å². The van der Waals surface area contributed by atoms with Gasteiger partial charge < -0.3 is 17.7 Å². The zero-order valence-electron chi connectivity index (χ0n) is 26.8. The molecule has 0 aliphatic rings. The fraction of sp³-hybridized carbons (Fsp3) is 0. The number of fused-ring (bicyclic) bond motifs is 9. The monoisotopic (exact) mass is 679 g/mol. The average Bonchev–Trinajstić information content (AvgIpc) is 4.01. The number of aromatic nitrogens is 1. The third-order valence-corrected chi connectivity index (χ3v) is 10.6. The van der Waals surface area contributed by atoms with Crippen LogP contribution in [0.1, 0.15) is 0 Å². The van der Waals surface area contributed by atoms with Gasteiger partial charge in [0.05, 0.1) is 29.6 Å². The predicted molar refractivity (Wildman–Crippen MR) is 206 cm³/mol. The summed E-state index contributed by atoms with van der Waals surface area (Å²) < 4.78 is 25.5. The van der Waals surface area contributed by atoms with Gasteiger partial charge in [-0.1, -0.05) is 42.5 Å². The molecule has 11 rings (SSSR count). The van der Waals surface area contributed by atoms with Crippen molar-refractivity contribution in [3.8, 4) is 0 Å². The van der Waals surface area contributed by atoms with E-state index in [1.807, 2.05) is 77.7 Å². The molecule has 0 unspecified atom stereocenters.